The Labute approximate surface area is 128 Å². The maximum atomic E-state index is 12.5. The minimum atomic E-state index is -0.0746. The van der Waals surface area contributed by atoms with E-state index in [1.807, 2.05) is 31.2 Å². The van der Waals surface area contributed by atoms with Crippen LogP contribution in [0.15, 0.2) is 36.5 Å². The van der Waals surface area contributed by atoms with E-state index in [1.54, 1.807) is 6.20 Å². The molecule has 0 atom stereocenters. The number of rotatable bonds is 2. The quantitative estimate of drug-likeness (QED) is 0.757. The molecule has 0 aliphatic heterocycles. The van der Waals surface area contributed by atoms with Crippen LogP contribution in [0.25, 0.3) is 10.9 Å². The minimum absolute atomic E-state index is 0.0746. The number of nitrogens with zero attached hydrogens (tertiary/aromatic N) is 1. The van der Waals surface area contributed by atoms with Crippen LogP contribution in [-0.2, 0) is 12.8 Å². The number of aromatic nitrogens is 2. The van der Waals surface area contributed by atoms with Gasteiger partial charge in [0.15, 0.2) is 0 Å². The van der Waals surface area contributed by atoms with Crippen molar-refractivity contribution in [2.45, 2.75) is 26.2 Å². The fourth-order valence-corrected chi connectivity index (χ4v) is 3.18. The number of carbonyl (C=O) groups excluding carboxylic acids is 1. The molecule has 2 N–H and O–H groups in total. The van der Waals surface area contributed by atoms with Gasteiger partial charge in [-0.1, -0.05) is 12.1 Å². The van der Waals surface area contributed by atoms with Gasteiger partial charge in [-0.2, -0.15) is 5.10 Å². The van der Waals surface area contributed by atoms with Crippen LogP contribution in [0.4, 0.5) is 5.69 Å². The van der Waals surface area contributed by atoms with Crippen molar-refractivity contribution in [2.24, 2.45) is 0 Å². The van der Waals surface area contributed by atoms with Crippen molar-refractivity contribution >= 4 is 22.5 Å². The Hall–Kier alpha value is -2.62. The van der Waals surface area contributed by atoms with E-state index in [-0.39, 0.29) is 5.91 Å². The summed E-state index contributed by atoms with van der Waals surface area (Å²) in [4.78, 5) is 12.5. The highest BCUT2D eigenvalue weighted by Gasteiger charge is 2.15. The van der Waals surface area contributed by atoms with Gasteiger partial charge in [0.1, 0.15) is 0 Å². The molecule has 0 saturated heterocycles. The fourth-order valence-electron chi connectivity index (χ4n) is 3.18. The van der Waals surface area contributed by atoms with Crippen molar-refractivity contribution in [1.29, 1.82) is 0 Å². The first-order valence-electron chi connectivity index (χ1n) is 7.58. The Morgan fingerprint density at radius 3 is 2.95 bits per heavy atom. The lowest BCUT2D eigenvalue weighted by Crippen LogP contribution is -2.12. The molecule has 0 unspecified atom stereocenters. The van der Waals surface area contributed by atoms with Gasteiger partial charge in [-0.05, 0) is 61.1 Å². The topological polar surface area (TPSA) is 57.8 Å². The highest BCUT2D eigenvalue weighted by Crippen LogP contribution is 2.26. The molecular weight excluding hydrogens is 274 g/mol. The second kappa shape index (κ2) is 4.98. The van der Waals surface area contributed by atoms with Crippen molar-refractivity contribution in [2.75, 3.05) is 5.32 Å². The monoisotopic (exact) mass is 291 g/mol. The van der Waals surface area contributed by atoms with Crippen LogP contribution in [0, 0.1) is 6.92 Å². The van der Waals surface area contributed by atoms with Crippen molar-refractivity contribution < 1.29 is 4.79 Å². The lowest BCUT2D eigenvalue weighted by molar-refractivity contribution is 0.102. The number of anilines is 1. The van der Waals surface area contributed by atoms with E-state index in [0.29, 0.717) is 5.56 Å². The molecule has 1 aliphatic carbocycles. The zero-order valence-corrected chi connectivity index (χ0v) is 12.4. The average molecular weight is 291 g/mol. The largest absolute Gasteiger partial charge is 0.320 e. The Bertz CT molecular complexity index is 879. The van der Waals surface area contributed by atoms with Gasteiger partial charge in [0, 0.05) is 10.9 Å². The third kappa shape index (κ3) is 2.08. The smallest absolute Gasteiger partial charge is 0.255 e. The molecule has 0 radical (unpaired) electrons. The molecule has 1 amide bonds. The highest BCUT2D eigenvalue weighted by atomic mass is 16.1. The molecule has 22 heavy (non-hydrogen) atoms. The van der Waals surface area contributed by atoms with E-state index in [4.69, 9.17) is 0 Å². The zero-order valence-electron chi connectivity index (χ0n) is 12.4. The Kier molecular flexibility index (Phi) is 2.96. The molecule has 1 heterocycles. The maximum absolute atomic E-state index is 12.5. The van der Waals surface area contributed by atoms with E-state index in [1.165, 1.54) is 17.5 Å². The summed E-state index contributed by atoms with van der Waals surface area (Å²) in [7, 11) is 0. The van der Waals surface area contributed by atoms with Crippen LogP contribution in [0.1, 0.15) is 33.5 Å². The van der Waals surface area contributed by atoms with E-state index in [0.717, 1.165) is 35.0 Å². The number of hydrogen-bond donors (Lipinski definition) is 2. The van der Waals surface area contributed by atoms with Crippen LogP contribution < -0.4 is 5.32 Å². The molecule has 1 aliphatic rings. The molecule has 1 aromatic heterocycles. The number of aryl methyl sites for hydroxylation is 3. The summed E-state index contributed by atoms with van der Waals surface area (Å²) < 4.78 is 0. The zero-order chi connectivity index (χ0) is 15.1. The first-order valence-corrected chi connectivity index (χ1v) is 7.58. The Morgan fingerprint density at radius 2 is 2.05 bits per heavy atom. The molecule has 3 aromatic rings. The number of carbonyl (C=O) groups is 1. The molecule has 0 saturated carbocycles. The third-order valence-corrected chi connectivity index (χ3v) is 4.44. The number of H-pyrrole nitrogens is 1. The first-order chi connectivity index (χ1) is 10.7. The van der Waals surface area contributed by atoms with E-state index >= 15 is 0 Å². The van der Waals surface area contributed by atoms with Crippen LogP contribution >= 0.6 is 0 Å². The van der Waals surface area contributed by atoms with Crippen LogP contribution in [0.3, 0.4) is 0 Å². The van der Waals surface area contributed by atoms with Gasteiger partial charge in [-0.3, -0.25) is 9.89 Å². The van der Waals surface area contributed by atoms with Crippen molar-refractivity contribution in [3.05, 3.63) is 58.8 Å². The van der Waals surface area contributed by atoms with Crippen molar-refractivity contribution in [3.63, 3.8) is 0 Å². The second-order valence-electron chi connectivity index (χ2n) is 5.88. The molecule has 2 aromatic carbocycles. The summed E-state index contributed by atoms with van der Waals surface area (Å²) in [5.74, 6) is -0.0746. The van der Waals surface area contributed by atoms with Gasteiger partial charge in [-0.15, -0.1) is 0 Å². The van der Waals surface area contributed by atoms with Gasteiger partial charge in [-0.25, -0.2) is 0 Å². The van der Waals surface area contributed by atoms with Gasteiger partial charge in [0.05, 0.1) is 17.4 Å². The number of benzene rings is 2. The number of hydrogen-bond acceptors (Lipinski definition) is 2. The Balaban J connectivity index is 1.66. The Morgan fingerprint density at radius 1 is 1.18 bits per heavy atom. The van der Waals surface area contributed by atoms with Gasteiger partial charge in [0.25, 0.3) is 5.91 Å². The predicted octanol–water partition coefficient (Wildman–Crippen LogP) is 3.61. The molecular formula is C18H17N3O. The van der Waals surface area contributed by atoms with Crippen LogP contribution in [-0.4, -0.2) is 16.1 Å². The van der Waals surface area contributed by atoms with Crippen LogP contribution in [0.2, 0.25) is 0 Å². The van der Waals surface area contributed by atoms with E-state index in [2.05, 4.69) is 21.6 Å². The number of fused-ring (bicyclic) bond motifs is 2. The highest BCUT2D eigenvalue weighted by molar-refractivity contribution is 6.08. The summed E-state index contributed by atoms with van der Waals surface area (Å²) in [5, 5.41) is 11.1. The van der Waals surface area contributed by atoms with Gasteiger partial charge >= 0.3 is 0 Å². The molecule has 4 heteroatoms. The average Bonchev–Trinajstić information content (AvgIpc) is 3.18. The fraction of sp³-hybridized carbons (Fsp3) is 0.222. The molecule has 4 nitrogen and oxygen atoms in total. The molecule has 0 bridgehead atoms. The number of amides is 1. The standard InChI is InChI=1S/C18H17N3O/c1-11-5-8-16(17-15(11)10-19-21-17)20-18(22)14-7-6-12-3-2-4-13(12)9-14/h5-10H,2-4H2,1H3,(H,19,21)(H,20,22). The summed E-state index contributed by atoms with van der Waals surface area (Å²) in [6.07, 6.45) is 5.18. The molecule has 110 valence electrons. The maximum Gasteiger partial charge on any atom is 0.255 e. The van der Waals surface area contributed by atoms with E-state index < -0.39 is 0 Å². The molecule has 4 rings (SSSR count). The first kappa shape index (κ1) is 13.1. The lowest BCUT2D eigenvalue weighted by atomic mass is 10.1. The van der Waals surface area contributed by atoms with Gasteiger partial charge < -0.3 is 5.32 Å². The summed E-state index contributed by atoms with van der Waals surface area (Å²) >= 11 is 0. The normalized spacial score (nSPS) is 13.3. The van der Waals surface area contributed by atoms with Gasteiger partial charge in [0.2, 0.25) is 0 Å². The second-order valence-corrected chi connectivity index (χ2v) is 5.88. The predicted molar refractivity (Wildman–Crippen MR) is 87.3 cm³/mol. The van der Waals surface area contributed by atoms with Crippen LogP contribution in [0.5, 0.6) is 0 Å². The van der Waals surface area contributed by atoms with Crippen molar-refractivity contribution in [1.82, 2.24) is 10.2 Å². The van der Waals surface area contributed by atoms with E-state index in [9.17, 15) is 4.79 Å². The SMILES string of the molecule is Cc1ccc(NC(=O)c2ccc3c(c2)CCC3)c2[nH]ncc12. The van der Waals surface area contributed by atoms with Crippen molar-refractivity contribution in [3.8, 4) is 0 Å². The molecule has 0 fully saturated rings. The lowest BCUT2D eigenvalue weighted by Gasteiger charge is -2.09. The number of aromatic amines is 1. The summed E-state index contributed by atoms with van der Waals surface area (Å²) in [6.45, 7) is 2.03. The molecule has 0 spiro atoms. The summed E-state index contributed by atoms with van der Waals surface area (Å²) in [6, 6.07) is 9.93. The third-order valence-electron chi connectivity index (χ3n) is 4.44. The minimum Gasteiger partial charge on any atom is -0.320 e. The number of nitrogens with one attached hydrogen (secondary N) is 2. The summed E-state index contributed by atoms with van der Waals surface area (Å²) in [5.41, 5.74) is 6.18.